The van der Waals surface area contributed by atoms with E-state index in [1.165, 1.54) is 6.07 Å². The van der Waals surface area contributed by atoms with E-state index in [0.717, 1.165) is 0 Å². The van der Waals surface area contributed by atoms with Crippen molar-refractivity contribution in [2.24, 2.45) is 5.11 Å². The summed E-state index contributed by atoms with van der Waals surface area (Å²) in [6.45, 7) is 0.375. The summed E-state index contributed by atoms with van der Waals surface area (Å²) in [5.41, 5.74) is 8.00. The maximum Gasteiger partial charge on any atom is 0.371 e. The van der Waals surface area contributed by atoms with Gasteiger partial charge in [0.2, 0.25) is 5.76 Å². The smallest absolute Gasteiger partial charge is 0.371 e. The minimum Gasteiger partial charge on any atom is -0.475 e. The number of furan rings is 1. The molecule has 0 radical (unpaired) electrons. The summed E-state index contributed by atoms with van der Waals surface area (Å²) in [5, 5.41) is 11.9. The Labute approximate surface area is 85.5 Å². The Morgan fingerprint density at radius 3 is 3.07 bits per heavy atom. The highest BCUT2D eigenvalue weighted by molar-refractivity contribution is 5.84. The van der Waals surface area contributed by atoms with Crippen molar-refractivity contribution in [1.29, 1.82) is 0 Å². The molecule has 0 atom stereocenters. The Hall–Kier alpha value is -2.20. The van der Waals surface area contributed by atoms with Crippen molar-refractivity contribution in [3.8, 4) is 0 Å². The van der Waals surface area contributed by atoms with Gasteiger partial charge in [0.05, 0.1) is 0 Å². The number of hydrogen-bond donors (Lipinski definition) is 1. The van der Waals surface area contributed by atoms with Gasteiger partial charge in [-0.2, -0.15) is 0 Å². The number of aromatic carboxylic acids is 1. The van der Waals surface area contributed by atoms with E-state index >= 15 is 0 Å². The van der Waals surface area contributed by atoms with Crippen molar-refractivity contribution in [2.75, 3.05) is 6.54 Å². The molecule has 0 spiro atoms. The van der Waals surface area contributed by atoms with Gasteiger partial charge in [0.1, 0.15) is 5.76 Å². The monoisotopic (exact) mass is 207 g/mol. The first-order valence-electron chi connectivity index (χ1n) is 4.24. The van der Waals surface area contributed by atoms with Gasteiger partial charge in [-0.1, -0.05) is 11.2 Å². The van der Waals surface area contributed by atoms with Crippen LogP contribution in [-0.2, 0) is 0 Å². The summed E-state index contributed by atoms with van der Waals surface area (Å²) in [6.07, 6.45) is 3.98. The van der Waals surface area contributed by atoms with Crippen molar-refractivity contribution < 1.29 is 14.3 Å². The van der Waals surface area contributed by atoms with Gasteiger partial charge < -0.3 is 9.52 Å². The van der Waals surface area contributed by atoms with Gasteiger partial charge in [-0.3, -0.25) is 0 Å². The van der Waals surface area contributed by atoms with Crippen molar-refractivity contribution in [1.82, 2.24) is 0 Å². The van der Waals surface area contributed by atoms with E-state index in [1.54, 1.807) is 18.2 Å². The Morgan fingerprint density at radius 1 is 1.67 bits per heavy atom. The van der Waals surface area contributed by atoms with E-state index in [1.807, 2.05) is 0 Å². The minimum absolute atomic E-state index is 0.0929. The minimum atomic E-state index is -1.09. The molecule has 0 aliphatic carbocycles. The fourth-order valence-corrected chi connectivity index (χ4v) is 0.934. The lowest BCUT2D eigenvalue weighted by Gasteiger charge is -1.86. The molecule has 0 fully saturated rings. The fraction of sp³-hybridized carbons (Fsp3) is 0.222. The van der Waals surface area contributed by atoms with Gasteiger partial charge in [-0.15, -0.1) is 0 Å². The highest BCUT2D eigenvalue weighted by Gasteiger charge is 2.06. The number of rotatable bonds is 5. The molecular weight excluding hydrogens is 198 g/mol. The third-order valence-electron chi connectivity index (χ3n) is 1.58. The van der Waals surface area contributed by atoms with E-state index < -0.39 is 5.97 Å². The van der Waals surface area contributed by atoms with E-state index in [9.17, 15) is 4.79 Å². The summed E-state index contributed by atoms with van der Waals surface area (Å²) < 4.78 is 4.96. The van der Waals surface area contributed by atoms with E-state index in [0.29, 0.717) is 18.7 Å². The zero-order valence-electron chi connectivity index (χ0n) is 7.83. The van der Waals surface area contributed by atoms with Gasteiger partial charge in [0.25, 0.3) is 0 Å². The second-order valence-corrected chi connectivity index (χ2v) is 2.65. The second kappa shape index (κ2) is 5.51. The molecule has 0 saturated heterocycles. The summed E-state index contributed by atoms with van der Waals surface area (Å²) in [6, 6.07) is 2.95. The molecule has 0 bridgehead atoms. The van der Waals surface area contributed by atoms with Crippen molar-refractivity contribution in [3.63, 3.8) is 0 Å². The quantitative estimate of drug-likeness (QED) is 0.347. The first-order chi connectivity index (χ1) is 7.24. The van der Waals surface area contributed by atoms with Crippen LogP contribution in [0.5, 0.6) is 0 Å². The van der Waals surface area contributed by atoms with Crippen LogP contribution in [0.15, 0.2) is 27.7 Å². The molecule has 1 rings (SSSR count). The number of nitrogens with zero attached hydrogens (tertiary/aromatic N) is 3. The van der Waals surface area contributed by atoms with Gasteiger partial charge in [-0.05, 0) is 30.2 Å². The number of carboxylic acid groups (broad SMARTS) is 1. The second-order valence-electron chi connectivity index (χ2n) is 2.65. The number of carboxylic acids is 1. The predicted octanol–water partition coefficient (Wildman–Crippen LogP) is 2.69. The Morgan fingerprint density at radius 2 is 2.47 bits per heavy atom. The highest BCUT2D eigenvalue weighted by atomic mass is 16.4. The van der Waals surface area contributed by atoms with Crippen LogP contribution in [0, 0.1) is 0 Å². The largest absolute Gasteiger partial charge is 0.475 e. The van der Waals surface area contributed by atoms with E-state index in [-0.39, 0.29) is 5.76 Å². The molecule has 1 aromatic rings. The van der Waals surface area contributed by atoms with E-state index in [4.69, 9.17) is 15.1 Å². The van der Waals surface area contributed by atoms with Crippen LogP contribution < -0.4 is 0 Å². The fourth-order valence-electron chi connectivity index (χ4n) is 0.934. The molecule has 0 unspecified atom stereocenters. The molecule has 0 aliphatic rings. The molecule has 15 heavy (non-hydrogen) atoms. The molecule has 6 heteroatoms. The maximum absolute atomic E-state index is 10.5. The SMILES string of the molecule is [N-]=[N+]=NCCC=Cc1ccc(C(=O)O)o1. The molecule has 1 aromatic heterocycles. The van der Waals surface area contributed by atoms with Gasteiger partial charge >= 0.3 is 5.97 Å². The first kappa shape index (κ1) is 10.9. The normalized spacial score (nSPS) is 10.1. The molecule has 1 N–H and O–H groups in total. The van der Waals surface area contributed by atoms with Crippen LogP contribution in [-0.4, -0.2) is 17.6 Å². The first-order valence-corrected chi connectivity index (χ1v) is 4.24. The number of azide groups is 1. The average Bonchev–Trinajstić information content (AvgIpc) is 2.66. The zero-order valence-corrected chi connectivity index (χ0v) is 7.83. The van der Waals surface area contributed by atoms with Crippen LogP contribution in [0.2, 0.25) is 0 Å². The third kappa shape index (κ3) is 3.58. The van der Waals surface area contributed by atoms with Crippen LogP contribution in [0.4, 0.5) is 0 Å². The van der Waals surface area contributed by atoms with Gasteiger partial charge in [0.15, 0.2) is 0 Å². The van der Waals surface area contributed by atoms with Crippen molar-refractivity contribution in [3.05, 3.63) is 40.2 Å². The van der Waals surface area contributed by atoms with Crippen molar-refractivity contribution >= 4 is 12.0 Å². The molecule has 0 amide bonds. The zero-order chi connectivity index (χ0) is 11.1. The van der Waals surface area contributed by atoms with Crippen LogP contribution in [0.1, 0.15) is 22.7 Å². The van der Waals surface area contributed by atoms with Crippen LogP contribution in [0.25, 0.3) is 16.5 Å². The van der Waals surface area contributed by atoms with Gasteiger partial charge in [-0.25, -0.2) is 4.79 Å². The van der Waals surface area contributed by atoms with Crippen LogP contribution >= 0.6 is 0 Å². The maximum atomic E-state index is 10.5. The lowest BCUT2D eigenvalue weighted by Crippen LogP contribution is -1.91. The summed E-state index contributed by atoms with van der Waals surface area (Å²) in [5.74, 6) is -0.721. The number of hydrogen-bond acceptors (Lipinski definition) is 3. The third-order valence-corrected chi connectivity index (χ3v) is 1.58. The van der Waals surface area contributed by atoms with Crippen molar-refractivity contribution in [2.45, 2.75) is 6.42 Å². The Balaban J connectivity index is 2.49. The van der Waals surface area contributed by atoms with Gasteiger partial charge in [0, 0.05) is 11.5 Å². The molecule has 0 aromatic carbocycles. The standard InChI is InChI=1S/C9H9N3O3/c10-12-11-6-2-1-3-7-4-5-8(15-7)9(13)14/h1,3-5H,2,6H2,(H,13,14). The molecule has 78 valence electrons. The summed E-state index contributed by atoms with van der Waals surface area (Å²) in [4.78, 5) is 13.1. The average molecular weight is 207 g/mol. The van der Waals surface area contributed by atoms with E-state index in [2.05, 4.69) is 10.0 Å². The molecule has 0 aliphatic heterocycles. The summed E-state index contributed by atoms with van der Waals surface area (Å²) in [7, 11) is 0. The summed E-state index contributed by atoms with van der Waals surface area (Å²) >= 11 is 0. The molecular formula is C9H9N3O3. The number of carbonyl (C=O) groups is 1. The molecule has 0 saturated carbocycles. The Kier molecular flexibility index (Phi) is 4.00. The van der Waals surface area contributed by atoms with Crippen LogP contribution in [0.3, 0.4) is 0 Å². The predicted molar refractivity (Wildman–Crippen MR) is 53.3 cm³/mol. The topological polar surface area (TPSA) is 99.2 Å². The molecule has 6 nitrogen and oxygen atoms in total. The lowest BCUT2D eigenvalue weighted by atomic mass is 10.3. The Bertz CT molecular complexity index is 416. The molecule has 1 heterocycles. The highest BCUT2D eigenvalue weighted by Crippen LogP contribution is 2.09. The lowest BCUT2D eigenvalue weighted by molar-refractivity contribution is 0.0662.